The van der Waals surface area contributed by atoms with Crippen molar-refractivity contribution in [2.75, 3.05) is 12.3 Å². The maximum absolute atomic E-state index is 11.8. The number of nitrogens with one attached hydrogen (secondary N) is 1. The second-order valence-electron chi connectivity index (χ2n) is 4.00. The molecule has 0 bridgehead atoms. The van der Waals surface area contributed by atoms with Gasteiger partial charge in [0.2, 0.25) is 5.91 Å². The Balaban J connectivity index is 2.45. The number of hydrogen-bond acceptors (Lipinski definition) is 2. The van der Waals surface area contributed by atoms with Crippen molar-refractivity contribution in [2.45, 2.75) is 26.0 Å². The normalized spacial score (nSPS) is 12.1. The van der Waals surface area contributed by atoms with Gasteiger partial charge in [0.25, 0.3) is 0 Å². The van der Waals surface area contributed by atoms with Crippen LogP contribution in [0.15, 0.2) is 24.3 Å². The molecule has 0 radical (unpaired) electrons. The maximum atomic E-state index is 11.8. The molecule has 94 valence electrons. The summed E-state index contributed by atoms with van der Waals surface area (Å²) in [6.45, 7) is 4.63. The Morgan fingerprint density at radius 1 is 1.35 bits per heavy atom. The van der Waals surface area contributed by atoms with Crippen molar-refractivity contribution in [3.8, 4) is 0 Å². The molecule has 1 aromatic carbocycles. The molecule has 0 saturated heterocycles. The van der Waals surface area contributed by atoms with E-state index < -0.39 is 10.8 Å². The Hall–Kier alpha value is -1.16. The monoisotopic (exact) mass is 253 g/mol. The highest BCUT2D eigenvalue weighted by atomic mass is 32.2. The molecule has 1 aromatic rings. The summed E-state index contributed by atoms with van der Waals surface area (Å²) in [5.74, 6) is 0.416. The van der Waals surface area contributed by atoms with E-state index in [1.807, 2.05) is 38.1 Å². The molecular weight excluding hydrogens is 234 g/mol. The number of amides is 1. The SMILES string of the molecule is CCCNC(=O)CS(=O)Cc1ccccc1C. The van der Waals surface area contributed by atoms with E-state index in [-0.39, 0.29) is 11.7 Å². The van der Waals surface area contributed by atoms with Crippen LogP contribution in [0.2, 0.25) is 0 Å². The third-order valence-corrected chi connectivity index (χ3v) is 3.66. The van der Waals surface area contributed by atoms with Crippen LogP contribution in [0.3, 0.4) is 0 Å². The molecule has 1 atom stereocenters. The van der Waals surface area contributed by atoms with Crippen LogP contribution in [0.25, 0.3) is 0 Å². The zero-order valence-electron chi connectivity index (χ0n) is 10.4. The summed E-state index contributed by atoms with van der Waals surface area (Å²) in [6.07, 6.45) is 0.899. The highest BCUT2D eigenvalue weighted by Crippen LogP contribution is 2.09. The molecule has 1 rings (SSSR count). The second kappa shape index (κ2) is 7.22. The van der Waals surface area contributed by atoms with Gasteiger partial charge in [-0.25, -0.2) is 0 Å². The van der Waals surface area contributed by atoms with E-state index in [0.29, 0.717) is 12.3 Å². The fourth-order valence-electron chi connectivity index (χ4n) is 1.46. The van der Waals surface area contributed by atoms with Crippen LogP contribution in [0.5, 0.6) is 0 Å². The first-order valence-corrected chi connectivity index (χ1v) is 7.28. The number of hydrogen-bond donors (Lipinski definition) is 1. The summed E-state index contributed by atoms with van der Waals surface area (Å²) in [4.78, 5) is 11.4. The van der Waals surface area contributed by atoms with E-state index in [4.69, 9.17) is 0 Å². The molecule has 0 saturated carbocycles. The van der Waals surface area contributed by atoms with Gasteiger partial charge >= 0.3 is 0 Å². The molecule has 1 unspecified atom stereocenters. The maximum Gasteiger partial charge on any atom is 0.232 e. The van der Waals surface area contributed by atoms with Crippen molar-refractivity contribution in [1.82, 2.24) is 5.32 Å². The summed E-state index contributed by atoms with van der Waals surface area (Å²) in [7, 11) is -1.13. The molecule has 0 aliphatic rings. The summed E-state index contributed by atoms with van der Waals surface area (Å²) in [6, 6.07) is 7.83. The first-order chi connectivity index (χ1) is 8.13. The van der Waals surface area contributed by atoms with E-state index in [2.05, 4.69) is 5.32 Å². The van der Waals surface area contributed by atoms with Crippen LogP contribution in [0, 0.1) is 6.92 Å². The predicted octanol–water partition coefficient (Wildman–Crippen LogP) is 1.77. The summed E-state index contributed by atoms with van der Waals surface area (Å²) in [5.41, 5.74) is 2.17. The molecule has 0 fully saturated rings. The van der Waals surface area contributed by atoms with Crippen molar-refractivity contribution < 1.29 is 9.00 Å². The number of benzene rings is 1. The van der Waals surface area contributed by atoms with Gasteiger partial charge < -0.3 is 5.32 Å². The Kier molecular flexibility index (Phi) is 5.91. The Morgan fingerprint density at radius 2 is 2.06 bits per heavy atom. The zero-order chi connectivity index (χ0) is 12.7. The van der Waals surface area contributed by atoms with Crippen LogP contribution < -0.4 is 5.32 Å². The van der Waals surface area contributed by atoms with E-state index in [1.165, 1.54) is 0 Å². The van der Waals surface area contributed by atoms with Gasteiger partial charge in [-0.05, 0) is 24.5 Å². The van der Waals surface area contributed by atoms with Crippen LogP contribution in [0.4, 0.5) is 0 Å². The average molecular weight is 253 g/mol. The topological polar surface area (TPSA) is 46.2 Å². The highest BCUT2D eigenvalue weighted by Gasteiger charge is 2.09. The Morgan fingerprint density at radius 3 is 2.71 bits per heavy atom. The Labute approximate surface area is 105 Å². The molecule has 17 heavy (non-hydrogen) atoms. The molecule has 3 nitrogen and oxygen atoms in total. The van der Waals surface area contributed by atoms with Crippen LogP contribution in [0.1, 0.15) is 24.5 Å². The van der Waals surface area contributed by atoms with Gasteiger partial charge in [-0.2, -0.15) is 0 Å². The van der Waals surface area contributed by atoms with Crippen molar-refractivity contribution in [1.29, 1.82) is 0 Å². The molecule has 0 aliphatic heterocycles. The number of carbonyl (C=O) groups excluding carboxylic acids is 1. The zero-order valence-corrected chi connectivity index (χ0v) is 11.2. The second-order valence-corrected chi connectivity index (χ2v) is 5.46. The lowest BCUT2D eigenvalue weighted by atomic mass is 10.1. The van der Waals surface area contributed by atoms with Gasteiger partial charge in [0.05, 0.1) is 0 Å². The van der Waals surface area contributed by atoms with Gasteiger partial charge in [-0.15, -0.1) is 0 Å². The summed E-state index contributed by atoms with van der Waals surface area (Å²) >= 11 is 0. The quantitative estimate of drug-likeness (QED) is 0.840. The van der Waals surface area contributed by atoms with E-state index in [9.17, 15) is 9.00 Å². The standard InChI is InChI=1S/C13H19NO2S/c1-3-8-14-13(15)10-17(16)9-12-7-5-4-6-11(12)2/h4-7H,3,8-10H2,1-2H3,(H,14,15). The highest BCUT2D eigenvalue weighted by molar-refractivity contribution is 7.84. The van der Waals surface area contributed by atoms with Crippen LogP contribution >= 0.6 is 0 Å². The molecule has 1 N–H and O–H groups in total. The van der Waals surface area contributed by atoms with Gasteiger partial charge in [-0.3, -0.25) is 9.00 Å². The lowest BCUT2D eigenvalue weighted by Crippen LogP contribution is -2.29. The predicted molar refractivity (Wildman–Crippen MR) is 71.2 cm³/mol. The lowest BCUT2D eigenvalue weighted by molar-refractivity contribution is -0.118. The molecule has 0 aliphatic carbocycles. The first-order valence-electron chi connectivity index (χ1n) is 5.79. The van der Waals surface area contributed by atoms with E-state index >= 15 is 0 Å². The molecular formula is C13H19NO2S. The van der Waals surface area contributed by atoms with E-state index in [0.717, 1.165) is 17.5 Å². The minimum Gasteiger partial charge on any atom is -0.355 e. The van der Waals surface area contributed by atoms with Crippen molar-refractivity contribution in [3.63, 3.8) is 0 Å². The minimum absolute atomic E-state index is 0.0916. The van der Waals surface area contributed by atoms with Gasteiger partial charge in [0.15, 0.2) is 0 Å². The largest absolute Gasteiger partial charge is 0.355 e. The molecule has 4 heteroatoms. The lowest BCUT2D eigenvalue weighted by Gasteiger charge is -2.06. The minimum atomic E-state index is -1.13. The molecule has 0 aromatic heterocycles. The van der Waals surface area contributed by atoms with Gasteiger partial charge in [0.1, 0.15) is 5.75 Å². The molecule has 1 amide bonds. The van der Waals surface area contributed by atoms with Crippen molar-refractivity contribution in [3.05, 3.63) is 35.4 Å². The smallest absolute Gasteiger partial charge is 0.232 e. The summed E-state index contributed by atoms with van der Waals surface area (Å²) in [5, 5.41) is 2.73. The third kappa shape index (κ3) is 5.13. The van der Waals surface area contributed by atoms with Gasteiger partial charge in [0, 0.05) is 23.1 Å². The third-order valence-electron chi connectivity index (χ3n) is 2.44. The molecule has 0 heterocycles. The molecule has 0 spiro atoms. The fraction of sp³-hybridized carbons (Fsp3) is 0.462. The summed E-state index contributed by atoms with van der Waals surface area (Å²) < 4.78 is 11.8. The number of aryl methyl sites for hydroxylation is 1. The van der Waals surface area contributed by atoms with Crippen molar-refractivity contribution in [2.24, 2.45) is 0 Å². The van der Waals surface area contributed by atoms with E-state index in [1.54, 1.807) is 0 Å². The van der Waals surface area contributed by atoms with Gasteiger partial charge in [-0.1, -0.05) is 31.2 Å². The number of rotatable bonds is 6. The van der Waals surface area contributed by atoms with Crippen molar-refractivity contribution >= 4 is 16.7 Å². The Bertz CT molecular complexity index is 404. The fourth-order valence-corrected chi connectivity index (χ4v) is 2.63. The van der Waals surface area contributed by atoms with Crippen LogP contribution in [-0.2, 0) is 21.3 Å². The van der Waals surface area contributed by atoms with Crippen LogP contribution in [-0.4, -0.2) is 22.4 Å². The first kappa shape index (κ1) is 13.9. The number of carbonyl (C=O) groups is 1. The average Bonchev–Trinajstić information content (AvgIpc) is 2.29.